The number of Topliss-reactive ketones (excluding diaryl/α,β-unsaturated/α-hetero) is 1. The molecule has 2 aromatic rings. The van der Waals surface area contributed by atoms with Crippen molar-refractivity contribution in [1.82, 2.24) is 0 Å². The molecule has 0 aliphatic carbocycles. The third-order valence-electron chi connectivity index (χ3n) is 3.33. The van der Waals surface area contributed by atoms with Crippen molar-refractivity contribution in [3.63, 3.8) is 0 Å². The van der Waals surface area contributed by atoms with E-state index < -0.39 is 0 Å². The molecule has 3 rings (SSSR count). The van der Waals surface area contributed by atoms with Gasteiger partial charge in [0, 0.05) is 12.1 Å². The molecule has 1 aliphatic rings. The van der Waals surface area contributed by atoms with Crippen molar-refractivity contribution in [3.8, 4) is 23.0 Å². The van der Waals surface area contributed by atoms with Crippen LogP contribution in [-0.2, 0) is 0 Å². The summed E-state index contributed by atoms with van der Waals surface area (Å²) in [6.45, 7) is 0. The highest BCUT2D eigenvalue weighted by Gasteiger charge is 2.32. The Balaban J connectivity index is 2.04. The first-order chi connectivity index (χ1) is 10.6. The number of carbonyl (C=O) groups excluding carboxylic acids is 1. The van der Waals surface area contributed by atoms with Gasteiger partial charge < -0.3 is 19.3 Å². The number of methoxy groups -OCH3 is 2. The second-order valence-corrected chi connectivity index (χ2v) is 4.74. The Labute approximate surface area is 127 Å². The predicted octanol–water partition coefficient (Wildman–Crippen LogP) is 3.03. The van der Waals surface area contributed by atoms with Crippen molar-refractivity contribution in [2.45, 2.75) is 0 Å². The molecular formula is C17H14O5. The minimum atomic E-state index is -0.266. The lowest BCUT2D eigenvalue weighted by Gasteiger charge is -2.07. The van der Waals surface area contributed by atoms with E-state index in [1.165, 1.54) is 14.2 Å². The van der Waals surface area contributed by atoms with Gasteiger partial charge in [0.05, 0.1) is 14.2 Å². The molecule has 2 aromatic carbocycles. The summed E-state index contributed by atoms with van der Waals surface area (Å²) in [5.74, 6) is 1.37. The van der Waals surface area contributed by atoms with Crippen LogP contribution in [0.2, 0.25) is 0 Å². The van der Waals surface area contributed by atoms with Crippen LogP contribution < -0.4 is 14.2 Å². The minimum absolute atomic E-state index is 0.122. The fourth-order valence-electron chi connectivity index (χ4n) is 2.30. The Hall–Kier alpha value is -2.95. The van der Waals surface area contributed by atoms with Gasteiger partial charge in [0.25, 0.3) is 0 Å². The lowest BCUT2D eigenvalue weighted by atomic mass is 10.1. The van der Waals surface area contributed by atoms with Crippen LogP contribution in [0.3, 0.4) is 0 Å². The molecule has 0 saturated heterocycles. The lowest BCUT2D eigenvalue weighted by Crippen LogP contribution is -2.00. The van der Waals surface area contributed by atoms with E-state index in [0.717, 1.165) is 0 Å². The smallest absolute Gasteiger partial charge is 0.235 e. The van der Waals surface area contributed by atoms with Crippen LogP contribution in [0.25, 0.3) is 6.08 Å². The second kappa shape index (κ2) is 5.44. The fraction of sp³-hybridized carbons (Fsp3) is 0.118. The first-order valence-corrected chi connectivity index (χ1v) is 6.61. The van der Waals surface area contributed by atoms with E-state index in [9.17, 15) is 9.90 Å². The van der Waals surface area contributed by atoms with Crippen molar-refractivity contribution in [2.24, 2.45) is 0 Å². The third-order valence-corrected chi connectivity index (χ3v) is 3.33. The van der Waals surface area contributed by atoms with Crippen LogP contribution in [0.4, 0.5) is 0 Å². The molecule has 22 heavy (non-hydrogen) atoms. The maximum absolute atomic E-state index is 12.5. The molecule has 0 radical (unpaired) electrons. The van der Waals surface area contributed by atoms with E-state index in [1.54, 1.807) is 42.5 Å². The zero-order chi connectivity index (χ0) is 15.7. The number of allylic oxidation sites excluding steroid dienone is 1. The summed E-state index contributed by atoms with van der Waals surface area (Å²) >= 11 is 0. The van der Waals surface area contributed by atoms with E-state index in [0.29, 0.717) is 28.4 Å². The molecule has 0 spiro atoms. The van der Waals surface area contributed by atoms with Crippen molar-refractivity contribution in [1.29, 1.82) is 0 Å². The highest BCUT2D eigenvalue weighted by Crippen LogP contribution is 2.41. The Morgan fingerprint density at radius 3 is 2.64 bits per heavy atom. The monoisotopic (exact) mass is 298 g/mol. The van der Waals surface area contributed by atoms with Gasteiger partial charge >= 0.3 is 0 Å². The Kier molecular flexibility index (Phi) is 3.47. The molecule has 5 heteroatoms. The number of ether oxygens (including phenoxy) is 3. The third kappa shape index (κ3) is 2.37. The number of rotatable bonds is 3. The largest absolute Gasteiger partial charge is 0.508 e. The Morgan fingerprint density at radius 1 is 1.14 bits per heavy atom. The van der Waals surface area contributed by atoms with E-state index >= 15 is 0 Å². The number of hydrogen-bond acceptors (Lipinski definition) is 5. The van der Waals surface area contributed by atoms with E-state index in [4.69, 9.17) is 14.2 Å². The number of hydrogen-bond donors (Lipinski definition) is 1. The number of ketones is 1. The average molecular weight is 298 g/mol. The molecule has 5 nitrogen and oxygen atoms in total. The number of phenols is 1. The Bertz CT molecular complexity index is 777. The lowest BCUT2D eigenvalue weighted by molar-refractivity contribution is 0.101. The SMILES string of the molecule is COc1cc(OC)c2c(c1)O/C(=C\c1cccc(O)c1)C2=O. The van der Waals surface area contributed by atoms with Crippen LogP contribution in [0.5, 0.6) is 23.0 Å². The molecule has 0 fully saturated rings. The summed E-state index contributed by atoms with van der Waals surface area (Å²) in [5, 5.41) is 9.49. The van der Waals surface area contributed by atoms with Crippen LogP contribution in [0.15, 0.2) is 42.2 Å². The summed E-state index contributed by atoms with van der Waals surface area (Å²) in [6, 6.07) is 9.84. The molecule has 0 atom stereocenters. The molecule has 0 aromatic heterocycles. The van der Waals surface area contributed by atoms with Gasteiger partial charge in [-0.05, 0) is 23.8 Å². The van der Waals surface area contributed by atoms with Gasteiger partial charge in [-0.2, -0.15) is 0 Å². The first-order valence-electron chi connectivity index (χ1n) is 6.61. The topological polar surface area (TPSA) is 65.0 Å². The summed E-state index contributed by atoms with van der Waals surface area (Å²) in [7, 11) is 3.01. The quantitative estimate of drug-likeness (QED) is 0.882. The van der Waals surface area contributed by atoms with Crippen molar-refractivity contribution < 1.29 is 24.1 Å². The summed E-state index contributed by atoms with van der Waals surface area (Å²) in [4.78, 5) is 12.5. The Morgan fingerprint density at radius 2 is 1.95 bits per heavy atom. The van der Waals surface area contributed by atoms with Crippen LogP contribution in [0, 0.1) is 0 Å². The normalized spacial score (nSPS) is 14.6. The highest BCUT2D eigenvalue weighted by atomic mass is 16.5. The van der Waals surface area contributed by atoms with Crippen LogP contribution >= 0.6 is 0 Å². The zero-order valence-corrected chi connectivity index (χ0v) is 12.1. The number of aromatic hydroxyl groups is 1. The predicted molar refractivity (Wildman–Crippen MR) is 80.6 cm³/mol. The van der Waals surface area contributed by atoms with Gasteiger partial charge in [0.2, 0.25) is 5.78 Å². The van der Waals surface area contributed by atoms with Gasteiger partial charge in [-0.3, -0.25) is 4.79 Å². The fourth-order valence-corrected chi connectivity index (χ4v) is 2.30. The van der Waals surface area contributed by atoms with Gasteiger partial charge in [-0.1, -0.05) is 12.1 Å². The van der Waals surface area contributed by atoms with E-state index in [2.05, 4.69) is 0 Å². The van der Waals surface area contributed by atoms with Gasteiger partial charge in [0.15, 0.2) is 5.76 Å². The summed E-state index contributed by atoms with van der Waals surface area (Å²) < 4.78 is 16.0. The molecular weight excluding hydrogens is 284 g/mol. The van der Waals surface area contributed by atoms with Gasteiger partial charge in [-0.15, -0.1) is 0 Å². The minimum Gasteiger partial charge on any atom is -0.508 e. The molecule has 112 valence electrons. The van der Waals surface area contributed by atoms with E-state index in [-0.39, 0.29) is 17.3 Å². The second-order valence-electron chi connectivity index (χ2n) is 4.74. The zero-order valence-electron chi connectivity index (χ0n) is 12.1. The van der Waals surface area contributed by atoms with Gasteiger partial charge in [-0.25, -0.2) is 0 Å². The molecule has 0 unspecified atom stereocenters. The number of phenolic OH excluding ortho intramolecular Hbond substituents is 1. The van der Waals surface area contributed by atoms with E-state index in [1.807, 2.05) is 0 Å². The number of fused-ring (bicyclic) bond motifs is 1. The molecule has 0 bridgehead atoms. The average Bonchev–Trinajstić information content (AvgIpc) is 2.82. The summed E-state index contributed by atoms with van der Waals surface area (Å²) in [6.07, 6.45) is 1.58. The van der Waals surface area contributed by atoms with Crippen molar-refractivity contribution >= 4 is 11.9 Å². The number of benzene rings is 2. The summed E-state index contributed by atoms with van der Waals surface area (Å²) in [5.41, 5.74) is 1.04. The maximum Gasteiger partial charge on any atom is 0.235 e. The van der Waals surface area contributed by atoms with Crippen LogP contribution in [0.1, 0.15) is 15.9 Å². The van der Waals surface area contributed by atoms with Crippen LogP contribution in [-0.4, -0.2) is 25.1 Å². The molecule has 1 N–H and O–H groups in total. The highest BCUT2D eigenvalue weighted by molar-refractivity contribution is 6.16. The maximum atomic E-state index is 12.5. The van der Waals surface area contributed by atoms with Crippen molar-refractivity contribution in [2.75, 3.05) is 14.2 Å². The molecule has 0 amide bonds. The first kappa shape index (κ1) is 14.0. The van der Waals surface area contributed by atoms with Gasteiger partial charge in [0.1, 0.15) is 28.6 Å². The molecule has 0 saturated carbocycles. The number of carbonyl (C=O) groups is 1. The molecule has 1 aliphatic heterocycles. The molecule has 1 heterocycles. The standard InChI is InChI=1S/C17H14O5/c1-20-12-8-13(21-2)16-14(9-12)22-15(17(16)19)7-10-4-3-5-11(18)6-10/h3-9,18H,1-2H3/b15-7-. The van der Waals surface area contributed by atoms with Crippen molar-refractivity contribution in [3.05, 3.63) is 53.3 Å².